The largest absolute Gasteiger partial charge is 0.478 e. The highest BCUT2D eigenvalue weighted by Crippen LogP contribution is 2.46. The number of carboxylic acid groups (broad SMARTS) is 1. The third kappa shape index (κ3) is 4.44. The molecule has 2 aromatic carbocycles. The Kier molecular flexibility index (Phi) is 7.69. The average Bonchev–Trinajstić information content (AvgIpc) is 3.02. The summed E-state index contributed by atoms with van der Waals surface area (Å²) in [5.41, 5.74) is 7.10. The number of aliphatic carboxylic acids is 1. The Balaban J connectivity index is 2.34. The Morgan fingerprint density at radius 1 is 0.647 bits per heavy atom. The smallest absolute Gasteiger partial charge is 0.347 e. The number of hydrogen-bond donors (Lipinski definition) is 1. The molecule has 2 aromatic rings. The summed E-state index contributed by atoms with van der Waals surface area (Å²) in [6, 6.07) is 13.0. The van der Waals surface area contributed by atoms with Crippen LogP contribution in [0.3, 0.4) is 0 Å². The fourth-order valence-corrected chi connectivity index (χ4v) is 5.55. The third-order valence-electron chi connectivity index (χ3n) is 7.52. The van der Waals surface area contributed by atoms with Crippen molar-refractivity contribution in [3.05, 3.63) is 58.7 Å². The van der Waals surface area contributed by atoms with Gasteiger partial charge in [-0.2, -0.15) is 0 Å². The van der Waals surface area contributed by atoms with Gasteiger partial charge in [0.1, 0.15) is 0 Å². The van der Waals surface area contributed by atoms with Gasteiger partial charge in [-0.05, 0) is 59.8 Å². The molecule has 1 fully saturated rings. The first kappa shape index (κ1) is 26.1. The van der Waals surface area contributed by atoms with Crippen molar-refractivity contribution in [3.8, 4) is 0 Å². The zero-order valence-corrected chi connectivity index (χ0v) is 22.8. The van der Waals surface area contributed by atoms with Gasteiger partial charge in [0.25, 0.3) is 0 Å². The molecule has 1 saturated heterocycles. The Labute approximate surface area is 207 Å². The SMILES string of the molecule is CC(C)c1cccc(C(C)C)c1N1C(C)C(C)N(c2c(C(C)C)cccc2C(C)C)C1C(=O)O. The number of para-hydroxylation sites is 2. The minimum Gasteiger partial charge on any atom is -0.478 e. The Hall–Kier alpha value is -2.49. The van der Waals surface area contributed by atoms with E-state index in [0.717, 1.165) is 11.4 Å². The van der Waals surface area contributed by atoms with Crippen LogP contribution in [0.15, 0.2) is 36.4 Å². The minimum absolute atomic E-state index is 0.0405. The zero-order valence-electron chi connectivity index (χ0n) is 22.8. The molecule has 4 heteroatoms. The molecule has 186 valence electrons. The molecule has 0 bridgehead atoms. The van der Waals surface area contributed by atoms with Crippen LogP contribution in [0.1, 0.15) is 115 Å². The Morgan fingerprint density at radius 2 is 0.912 bits per heavy atom. The van der Waals surface area contributed by atoms with E-state index in [0.29, 0.717) is 23.7 Å². The summed E-state index contributed by atoms with van der Waals surface area (Å²) in [4.78, 5) is 17.5. The normalized spacial score (nSPS) is 20.9. The molecule has 4 nitrogen and oxygen atoms in total. The van der Waals surface area contributed by atoms with Crippen LogP contribution in [0.2, 0.25) is 0 Å². The highest BCUT2D eigenvalue weighted by atomic mass is 16.4. The first-order chi connectivity index (χ1) is 15.9. The number of anilines is 2. The van der Waals surface area contributed by atoms with E-state index in [-0.39, 0.29) is 12.1 Å². The number of carbonyl (C=O) groups is 1. The molecule has 34 heavy (non-hydrogen) atoms. The molecule has 2 atom stereocenters. The van der Waals surface area contributed by atoms with Gasteiger partial charge in [0, 0.05) is 23.5 Å². The summed E-state index contributed by atoms with van der Waals surface area (Å²) in [7, 11) is 0. The van der Waals surface area contributed by atoms with E-state index in [1.807, 2.05) is 0 Å². The third-order valence-corrected chi connectivity index (χ3v) is 7.52. The molecule has 2 unspecified atom stereocenters. The Bertz CT molecular complexity index is 896. The highest BCUT2D eigenvalue weighted by molar-refractivity contribution is 5.87. The van der Waals surface area contributed by atoms with Gasteiger partial charge < -0.3 is 14.9 Å². The summed E-state index contributed by atoms with van der Waals surface area (Å²) in [6.07, 6.45) is -0.764. The summed E-state index contributed by atoms with van der Waals surface area (Å²) in [5, 5.41) is 10.7. The van der Waals surface area contributed by atoms with Gasteiger partial charge in [0.05, 0.1) is 0 Å². The number of carboxylic acids is 1. The van der Waals surface area contributed by atoms with Crippen LogP contribution < -0.4 is 9.80 Å². The van der Waals surface area contributed by atoms with Gasteiger partial charge in [0.2, 0.25) is 6.17 Å². The van der Waals surface area contributed by atoms with Crippen LogP contribution in [0.25, 0.3) is 0 Å². The number of hydrogen-bond acceptors (Lipinski definition) is 3. The minimum atomic E-state index is -0.794. The molecule has 1 heterocycles. The second-order valence-electron chi connectivity index (χ2n) is 11.2. The van der Waals surface area contributed by atoms with Crippen LogP contribution in [-0.4, -0.2) is 29.3 Å². The van der Waals surface area contributed by atoms with Gasteiger partial charge in [-0.3, -0.25) is 0 Å². The van der Waals surface area contributed by atoms with E-state index in [4.69, 9.17) is 0 Å². The summed E-state index contributed by atoms with van der Waals surface area (Å²) in [5.74, 6) is 0.406. The summed E-state index contributed by atoms with van der Waals surface area (Å²) >= 11 is 0. The first-order valence-electron chi connectivity index (χ1n) is 12.9. The molecule has 0 amide bonds. The van der Waals surface area contributed by atoms with Crippen LogP contribution in [0, 0.1) is 0 Å². The molecule has 1 aliphatic rings. The number of nitrogens with zero attached hydrogens (tertiary/aromatic N) is 2. The van der Waals surface area contributed by atoms with Crippen LogP contribution in [0.4, 0.5) is 11.4 Å². The summed E-state index contributed by atoms with van der Waals surface area (Å²) < 4.78 is 0. The quantitative estimate of drug-likeness (QED) is 0.456. The van der Waals surface area contributed by atoms with Crippen LogP contribution in [0.5, 0.6) is 0 Å². The van der Waals surface area contributed by atoms with Crippen molar-refractivity contribution in [2.45, 2.75) is 111 Å². The predicted octanol–water partition coefficient (Wildman–Crippen LogP) is 7.69. The van der Waals surface area contributed by atoms with E-state index in [1.165, 1.54) is 22.3 Å². The van der Waals surface area contributed by atoms with Gasteiger partial charge >= 0.3 is 5.97 Å². The molecule has 0 spiro atoms. The second kappa shape index (κ2) is 10.0. The van der Waals surface area contributed by atoms with Crippen molar-refractivity contribution in [3.63, 3.8) is 0 Å². The molecule has 0 radical (unpaired) electrons. The topological polar surface area (TPSA) is 43.8 Å². The highest BCUT2D eigenvalue weighted by Gasteiger charge is 2.49. The standard InChI is InChI=1S/C30H44N2O2/c1-17(2)23-13-11-14-24(18(3)4)27(23)31-21(9)22(10)32(29(31)30(33)34)28-25(19(5)6)15-12-16-26(28)20(7)8/h11-22,29H,1-10H3,(H,33,34). The molecule has 1 N–H and O–H groups in total. The molecule has 0 saturated carbocycles. The maximum absolute atomic E-state index is 13.1. The van der Waals surface area contributed by atoms with E-state index < -0.39 is 12.1 Å². The molecule has 1 aliphatic heterocycles. The lowest BCUT2D eigenvalue weighted by atomic mass is 9.91. The van der Waals surface area contributed by atoms with Crippen molar-refractivity contribution < 1.29 is 9.90 Å². The number of rotatable bonds is 7. The van der Waals surface area contributed by atoms with Crippen molar-refractivity contribution in [1.29, 1.82) is 0 Å². The van der Waals surface area contributed by atoms with Gasteiger partial charge in [-0.15, -0.1) is 0 Å². The fourth-order valence-electron chi connectivity index (χ4n) is 5.55. The van der Waals surface area contributed by atoms with Gasteiger partial charge in [-0.25, -0.2) is 4.79 Å². The molecule has 0 aliphatic carbocycles. The van der Waals surface area contributed by atoms with E-state index in [1.54, 1.807) is 0 Å². The van der Waals surface area contributed by atoms with Crippen molar-refractivity contribution >= 4 is 17.3 Å². The molecule has 0 aromatic heterocycles. The van der Waals surface area contributed by atoms with Crippen molar-refractivity contribution in [2.24, 2.45) is 0 Å². The van der Waals surface area contributed by atoms with E-state index >= 15 is 0 Å². The lowest BCUT2D eigenvalue weighted by Gasteiger charge is -2.37. The van der Waals surface area contributed by atoms with E-state index in [9.17, 15) is 9.90 Å². The lowest BCUT2D eigenvalue weighted by molar-refractivity contribution is -0.138. The summed E-state index contributed by atoms with van der Waals surface area (Å²) in [6.45, 7) is 22.0. The van der Waals surface area contributed by atoms with Gasteiger partial charge in [0.15, 0.2) is 0 Å². The van der Waals surface area contributed by atoms with Crippen molar-refractivity contribution in [2.75, 3.05) is 9.80 Å². The zero-order chi connectivity index (χ0) is 25.5. The maximum atomic E-state index is 13.1. The monoisotopic (exact) mass is 464 g/mol. The molecular formula is C30H44N2O2. The van der Waals surface area contributed by atoms with Gasteiger partial charge in [-0.1, -0.05) is 91.8 Å². The Morgan fingerprint density at radius 3 is 1.12 bits per heavy atom. The predicted molar refractivity (Wildman–Crippen MR) is 145 cm³/mol. The van der Waals surface area contributed by atoms with Crippen LogP contribution >= 0.6 is 0 Å². The second-order valence-corrected chi connectivity index (χ2v) is 11.2. The number of benzene rings is 2. The average molecular weight is 465 g/mol. The molecular weight excluding hydrogens is 420 g/mol. The lowest BCUT2D eigenvalue weighted by Crippen LogP contribution is -2.48. The molecule has 3 rings (SSSR count). The fraction of sp³-hybridized carbons (Fsp3) is 0.567. The van der Waals surface area contributed by atoms with Crippen molar-refractivity contribution in [1.82, 2.24) is 0 Å². The first-order valence-corrected chi connectivity index (χ1v) is 12.9. The van der Waals surface area contributed by atoms with E-state index in [2.05, 4.69) is 115 Å². The maximum Gasteiger partial charge on any atom is 0.347 e. The van der Waals surface area contributed by atoms with Crippen LogP contribution in [-0.2, 0) is 4.79 Å².